The number of ether oxygens (including phenoxy) is 1. The van der Waals surface area contributed by atoms with Gasteiger partial charge < -0.3 is 9.84 Å². The molecule has 2 aromatic rings. The molecular formula is C19H15ClN2O4. The molecule has 1 amide bonds. The molecule has 0 bridgehead atoms. The fraction of sp³-hybridized carbons (Fsp3) is 0.105. The van der Waals surface area contributed by atoms with Gasteiger partial charge in [-0.1, -0.05) is 17.7 Å². The summed E-state index contributed by atoms with van der Waals surface area (Å²) in [7, 11) is 1.53. The van der Waals surface area contributed by atoms with Gasteiger partial charge in [-0.2, -0.15) is 10.1 Å². The van der Waals surface area contributed by atoms with Crippen molar-refractivity contribution in [1.29, 1.82) is 0 Å². The Morgan fingerprint density at radius 2 is 2.04 bits per heavy atom. The van der Waals surface area contributed by atoms with Gasteiger partial charge in [0.25, 0.3) is 5.91 Å². The molecule has 3 rings (SSSR count). The Balaban J connectivity index is 2.00. The van der Waals surface area contributed by atoms with Crippen molar-refractivity contribution in [3.8, 4) is 5.75 Å². The number of halogens is 1. The number of nitrogens with zero attached hydrogens (tertiary/aromatic N) is 2. The van der Waals surface area contributed by atoms with Gasteiger partial charge in [0, 0.05) is 10.6 Å². The second-order valence-electron chi connectivity index (χ2n) is 5.60. The van der Waals surface area contributed by atoms with Gasteiger partial charge in [0.15, 0.2) is 0 Å². The topological polar surface area (TPSA) is 79.2 Å². The highest BCUT2D eigenvalue weighted by Gasteiger charge is 2.29. The van der Waals surface area contributed by atoms with E-state index in [0.29, 0.717) is 33.3 Å². The molecule has 2 aromatic carbocycles. The first kappa shape index (κ1) is 17.7. The molecule has 0 spiro atoms. The number of carbonyl (C=O) groups excluding carboxylic acids is 1. The van der Waals surface area contributed by atoms with Crippen molar-refractivity contribution in [2.75, 3.05) is 12.1 Å². The van der Waals surface area contributed by atoms with Crippen LogP contribution < -0.4 is 9.75 Å². The first-order valence-electron chi connectivity index (χ1n) is 7.69. The first-order valence-corrected chi connectivity index (χ1v) is 8.07. The number of benzene rings is 2. The van der Waals surface area contributed by atoms with Crippen molar-refractivity contribution in [3.05, 3.63) is 64.2 Å². The van der Waals surface area contributed by atoms with Crippen molar-refractivity contribution >= 4 is 41.0 Å². The van der Waals surface area contributed by atoms with Crippen molar-refractivity contribution in [2.45, 2.75) is 6.92 Å². The SMILES string of the molecule is COc1ccc(Cl)cc1C=C1C(=O)N(c2cccc(C(=O)O)c2)N=C1C. The number of hydrogen-bond donors (Lipinski definition) is 1. The van der Waals surface area contributed by atoms with Crippen LogP contribution in [0.4, 0.5) is 5.69 Å². The molecule has 0 saturated carbocycles. The van der Waals surface area contributed by atoms with Gasteiger partial charge in [0.2, 0.25) is 0 Å². The summed E-state index contributed by atoms with van der Waals surface area (Å²) in [6.07, 6.45) is 1.66. The summed E-state index contributed by atoms with van der Waals surface area (Å²) in [5.41, 5.74) is 2.01. The Labute approximate surface area is 155 Å². The number of rotatable bonds is 4. The number of hydrazone groups is 1. The van der Waals surface area contributed by atoms with Crippen LogP contribution in [0.25, 0.3) is 6.08 Å². The molecule has 1 heterocycles. The highest BCUT2D eigenvalue weighted by atomic mass is 35.5. The van der Waals surface area contributed by atoms with Gasteiger partial charge in [0.1, 0.15) is 5.75 Å². The van der Waals surface area contributed by atoms with E-state index in [1.54, 1.807) is 43.3 Å². The van der Waals surface area contributed by atoms with Crippen LogP contribution in [-0.2, 0) is 4.79 Å². The van der Waals surface area contributed by atoms with E-state index >= 15 is 0 Å². The monoisotopic (exact) mass is 370 g/mol. The quantitative estimate of drug-likeness (QED) is 0.829. The standard InChI is InChI=1S/C19H15ClN2O4/c1-11-16(10-13-8-14(20)6-7-17(13)26-2)18(23)22(21-11)15-5-3-4-12(9-15)19(24)25/h3-10H,1-2H3,(H,24,25). The van der Waals surface area contributed by atoms with Gasteiger partial charge in [-0.3, -0.25) is 4.79 Å². The second-order valence-corrected chi connectivity index (χ2v) is 6.04. The van der Waals surface area contributed by atoms with Crippen molar-refractivity contribution in [3.63, 3.8) is 0 Å². The predicted octanol–water partition coefficient (Wildman–Crippen LogP) is 3.85. The smallest absolute Gasteiger partial charge is 0.335 e. The highest BCUT2D eigenvalue weighted by molar-refractivity contribution is 6.33. The maximum atomic E-state index is 12.8. The number of anilines is 1. The Morgan fingerprint density at radius 3 is 2.73 bits per heavy atom. The average Bonchev–Trinajstić information content (AvgIpc) is 2.90. The first-order chi connectivity index (χ1) is 12.4. The van der Waals surface area contributed by atoms with Gasteiger partial charge in [-0.05, 0) is 49.4 Å². The van der Waals surface area contributed by atoms with E-state index in [9.17, 15) is 9.59 Å². The minimum atomic E-state index is -1.07. The van der Waals surface area contributed by atoms with Crippen molar-refractivity contribution < 1.29 is 19.4 Å². The molecule has 0 radical (unpaired) electrons. The predicted molar refractivity (Wildman–Crippen MR) is 100.0 cm³/mol. The summed E-state index contributed by atoms with van der Waals surface area (Å²) in [6, 6.07) is 11.2. The zero-order valence-corrected chi connectivity index (χ0v) is 14.8. The molecule has 0 saturated heterocycles. The Kier molecular flexibility index (Phi) is 4.77. The zero-order chi connectivity index (χ0) is 18.8. The lowest BCUT2D eigenvalue weighted by atomic mass is 10.1. The molecular weight excluding hydrogens is 356 g/mol. The average molecular weight is 371 g/mol. The van der Waals surface area contributed by atoms with E-state index in [-0.39, 0.29) is 11.5 Å². The normalized spacial score (nSPS) is 15.3. The molecule has 0 fully saturated rings. The fourth-order valence-electron chi connectivity index (χ4n) is 2.60. The number of methoxy groups -OCH3 is 1. The molecule has 1 aliphatic rings. The molecule has 0 aromatic heterocycles. The minimum absolute atomic E-state index is 0.0806. The summed E-state index contributed by atoms with van der Waals surface area (Å²) in [5, 5.41) is 15.1. The summed E-state index contributed by atoms with van der Waals surface area (Å²) in [5.74, 6) is -0.848. The third-order valence-corrected chi connectivity index (χ3v) is 4.13. The molecule has 0 atom stereocenters. The van der Waals surface area contributed by atoms with Crippen LogP contribution in [0.15, 0.2) is 53.1 Å². The van der Waals surface area contributed by atoms with Crippen molar-refractivity contribution in [1.82, 2.24) is 0 Å². The highest BCUT2D eigenvalue weighted by Crippen LogP contribution is 2.29. The lowest BCUT2D eigenvalue weighted by Gasteiger charge is -2.12. The van der Waals surface area contributed by atoms with Gasteiger partial charge in [-0.25, -0.2) is 4.79 Å². The summed E-state index contributed by atoms with van der Waals surface area (Å²) < 4.78 is 5.30. The lowest BCUT2D eigenvalue weighted by Crippen LogP contribution is -2.21. The lowest BCUT2D eigenvalue weighted by molar-refractivity contribution is -0.114. The third-order valence-electron chi connectivity index (χ3n) is 3.89. The number of carboxylic acids is 1. The molecule has 132 valence electrons. The molecule has 6 nitrogen and oxygen atoms in total. The minimum Gasteiger partial charge on any atom is -0.496 e. The Bertz CT molecular complexity index is 966. The Hall–Kier alpha value is -3.12. The van der Waals surface area contributed by atoms with Gasteiger partial charge >= 0.3 is 5.97 Å². The maximum Gasteiger partial charge on any atom is 0.335 e. The van der Waals surface area contributed by atoms with E-state index in [0.717, 1.165) is 0 Å². The van der Waals surface area contributed by atoms with Gasteiger partial charge in [-0.15, -0.1) is 0 Å². The largest absolute Gasteiger partial charge is 0.496 e. The molecule has 0 unspecified atom stereocenters. The van der Waals surface area contributed by atoms with E-state index < -0.39 is 5.97 Å². The van der Waals surface area contributed by atoms with E-state index in [1.807, 2.05) is 0 Å². The van der Waals surface area contributed by atoms with Crippen LogP contribution in [0, 0.1) is 0 Å². The number of hydrogen-bond acceptors (Lipinski definition) is 4. The molecule has 0 aliphatic carbocycles. The maximum absolute atomic E-state index is 12.8. The van der Waals surface area contributed by atoms with Crippen LogP contribution >= 0.6 is 11.6 Å². The number of aromatic carboxylic acids is 1. The fourth-order valence-corrected chi connectivity index (χ4v) is 2.78. The molecule has 26 heavy (non-hydrogen) atoms. The van der Waals surface area contributed by atoms with Crippen LogP contribution in [0.2, 0.25) is 5.02 Å². The summed E-state index contributed by atoms with van der Waals surface area (Å²) in [4.78, 5) is 24.0. The van der Waals surface area contributed by atoms with E-state index in [4.69, 9.17) is 21.4 Å². The van der Waals surface area contributed by atoms with Crippen LogP contribution in [0.1, 0.15) is 22.8 Å². The number of carbonyl (C=O) groups is 2. The van der Waals surface area contributed by atoms with Crippen LogP contribution in [0.3, 0.4) is 0 Å². The Morgan fingerprint density at radius 1 is 1.27 bits per heavy atom. The third kappa shape index (κ3) is 3.32. The van der Waals surface area contributed by atoms with Crippen molar-refractivity contribution in [2.24, 2.45) is 5.10 Å². The summed E-state index contributed by atoms with van der Waals surface area (Å²) >= 11 is 6.04. The van der Waals surface area contributed by atoms with Gasteiger partial charge in [0.05, 0.1) is 29.6 Å². The second kappa shape index (κ2) is 7.01. The van der Waals surface area contributed by atoms with E-state index in [2.05, 4.69) is 5.10 Å². The molecule has 1 aliphatic heterocycles. The van der Waals surface area contributed by atoms with Crippen LogP contribution in [-0.4, -0.2) is 29.8 Å². The molecule has 1 N–H and O–H groups in total. The summed E-state index contributed by atoms with van der Waals surface area (Å²) in [6.45, 7) is 1.71. The van der Waals surface area contributed by atoms with E-state index in [1.165, 1.54) is 24.3 Å². The number of carboxylic acid groups (broad SMARTS) is 1. The van der Waals surface area contributed by atoms with Crippen LogP contribution in [0.5, 0.6) is 5.75 Å². The number of amides is 1. The zero-order valence-electron chi connectivity index (χ0n) is 14.1. The molecule has 7 heteroatoms.